The molecule has 2 atom stereocenters. The lowest BCUT2D eigenvalue weighted by molar-refractivity contribution is -0.484. The average Bonchev–Trinajstić information content (AvgIpc) is 2.49. The third-order valence-corrected chi connectivity index (χ3v) is 3.44. The summed E-state index contributed by atoms with van der Waals surface area (Å²) < 4.78 is 5.08. The molecule has 7 heteroatoms. The molecule has 0 aliphatic heterocycles. The van der Waals surface area contributed by atoms with E-state index in [9.17, 15) is 24.8 Å². The van der Waals surface area contributed by atoms with E-state index in [-0.39, 0.29) is 13.0 Å². The van der Waals surface area contributed by atoms with Gasteiger partial charge in [0.2, 0.25) is 12.3 Å². The largest absolute Gasteiger partial charge is 0.454 e. The van der Waals surface area contributed by atoms with Crippen molar-refractivity contribution >= 4 is 11.8 Å². The molecule has 24 heavy (non-hydrogen) atoms. The van der Waals surface area contributed by atoms with Gasteiger partial charge in [-0.05, 0) is 32.8 Å². The molecule has 1 aromatic rings. The molecule has 0 heterocycles. The molecule has 0 fully saturated rings. The van der Waals surface area contributed by atoms with E-state index in [1.165, 1.54) is 0 Å². The van der Waals surface area contributed by atoms with Crippen LogP contribution in [-0.2, 0) is 14.3 Å². The van der Waals surface area contributed by atoms with Gasteiger partial charge in [-0.3, -0.25) is 14.9 Å². The number of ether oxygens (including phenoxy) is 1. The number of nitro groups is 1. The highest BCUT2D eigenvalue weighted by molar-refractivity contribution is 6.34. The van der Waals surface area contributed by atoms with Gasteiger partial charge in [0.15, 0.2) is 0 Å². The summed E-state index contributed by atoms with van der Waals surface area (Å²) in [6.45, 7) is 4.02. The van der Waals surface area contributed by atoms with E-state index in [2.05, 4.69) is 0 Å². The maximum Gasteiger partial charge on any atom is 0.375 e. The van der Waals surface area contributed by atoms with Gasteiger partial charge in [0.05, 0.1) is 5.92 Å². The average molecular weight is 337 g/mol. The predicted octanol–water partition coefficient (Wildman–Crippen LogP) is 1.96. The Morgan fingerprint density at radius 2 is 1.83 bits per heavy atom. The summed E-state index contributed by atoms with van der Waals surface area (Å²) in [5.41, 5.74) is -0.272. The Labute approximate surface area is 140 Å². The number of rotatable bonds is 8. The fourth-order valence-corrected chi connectivity index (χ4v) is 2.46. The third kappa shape index (κ3) is 6.08. The third-order valence-electron chi connectivity index (χ3n) is 3.44. The normalized spacial score (nSPS) is 13.8. The lowest BCUT2D eigenvalue weighted by Gasteiger charge is -2.25. The summed E-state index contributed by atoms with van der Waals surface area (Å²) in [4.78, 5) is 35.1. The van der Waals surface area contributed by atoms with Crippen LogP contribution in [-0.4, -0.2) is 40.5 Å². The van der Waals surface area contributed by atoms with E-state index in [0.717, 1.165) is 0 Å². The topological polar surface area (TPSA) is 107 Å². The van der Waals surface area contributed by atoms with Crippen molar-refractivity contribution in [3.05, 3.63) is 46.0 Å². The lowest BCUT2D eigenvalue weighted by Crippen LogP contribution is -2.37. The Morgan fingerprint density at radius 3 is 2.29 bits per heavy atom. The zero-order valence-electron chi connectivity index (χ0n) is 14.1. The van der Waals surface area contributed by atoms with Crippen molar-refractivity contribution in [3.8, 4) is 0 Å². The number of esters is 1. The van der Waals surface area contributed by atoms with E-state index in [0.29, 0.717) is 5.56 Å². The number of nitrogens with zero attached hydrogens (tertiary/aromatic N) is 1. The molecule has 0 radical (unpaired) electrons. The molecular formula is C17H23NO6. The van der Waals surface area contributed by atoms with Crippen LogP contribution in [0.2, 0.25) is 0 Å². The first kappa shape index (κ1) is 19.8. The summed E-state index contributed by atoms with van der Waals surface area (Å²) >= 11 is 0. The number of carbonyl (C=O) groups excluding carboxylic acids is 2. The van der Waals surface area contributed by atoms with E-state index < -0.39 is 40.7 Å². The maximum atomic E-state index is 12.5. The molecule has 1 rings (SSSR count). The van der Waals surface area contributed by atoms with Crippen molar-refractivity contribution in [2.24, 2.45) is 5.92 Å². The first-order chi connectivity index (χ1) is 11.2. The first-order valence-corrected chi connectivity index (χ1v) is 7.70. The minimum absolute atomic E-state index is 0.0501. The molecule has 0 aliphatic carbocycles. The molecular weight excluding hydrogens is 314 g/mol. The number of ketones is 1. The number of hydrogen-bond donors (Lipinski definition) is 1. The van der Waals surface area contributed by atoms with E-state index in [1.54, 1.807) is 51.1 Å². The van der Waals surface area contributed by atoms with Gasteiger partial charge in [-0.1, -0.05) is 30.3 Å². The number of carbonyl (C=O) groups is 2. The Bertz CT molecular complexity index is 578. The van der Waals surface area contributed by atoms with Crippen LogP contribution in [0.1, 0.15) is 38.7 Å². The van der Waals surface area contributed by atoms with E-state index >= 15 is 0 Å². The molecule has 0 unspecified atom stereocenters. The molecule has 1 N–H and O–H groups in total. The molecule has 1 aromatic carbocycles. The van der Waals surface area contributed by atoms with Crippen LogP contribution in [0.3, 0.4) is 0 Å². The maximum absolute atomic E-state index is 12.5. The second-order valence-corrected chi connectivity index (χ2v) is 6.52. The second kappa shape index (κ2) is 8.54. The van der Waals surface area contributed by atoms with Crippen LogP contribution < -0.4 is 0 Å². The highest BCUT2D eigenvalue weighted by atomic mass is 16.6. The van der Waals surface area contributed by atoms with Crippen LogP contribution in [0.15, 0.2) is 30.3 Å². The molecule has 0 saturated heterocycles. The van der Waals surface area contributed by atoms with Gasteiger partial charge in [0.1, 0.15) is 5.60 Å². The monoisotopic (exact) mass is 337 g/mol. The standard InChI is InChI=1S/C17H23NO6/c1-17(2,3)24-16(21)15(20)13(9-10-19)14(11-18(22)23)12-7-5-4-6-8-12/h4-8,13-14,19H,9-11H2,1-3H3/t13-,14-/m1/s1. The summed E-state index contributed by atoms with van der Waals surface area (Å²) in [5.74, 6) is -3.72. The number of aliphatic hydroxyl groups is 1. The molecule has 0 aliphatic rings. The number of aliphatic hydroxyl groups excluding tert-OH is 1. The highest BCUT2D eigenvalue weighted by Gasteiger charge is 2.38. The highest BCUT2D eigenvalue weighted by Crippen LogP contribution is 2.29. The Balaban J connectivity index is 3.14. The summed E-state index contributed by atoms with van der Waals surface area (Å²) in [5, 5.41) is 20.3. The number of Topliss-reactive ketones (excluding diaryl/α,β-unsaturated/α-hetero) is 1. The molecule has 0 saturated carbocycles. The van der Waals surface area contributed by atoms with Crippen molar-refractivity contribution in [2.75, 3.05) is 13.2 Å². The summed E-state index contributed by atoms with van der Waals surface area (Å²) in [7, 11) is 0. The van der Waals surface area contributed by atoms with E-state index in [1.807, 2.05) is 0 Å². The Hall–Kier alpha value is -2.28. The fraction of sp³-hybridized carbons (Fsp3) is 0.529. The Kier molecular flexibility index (Phi) is 7.03. The minimum Gasteiger partial charge on any atom is -0.454 e. The second-order valence-electron chi connectivity index (χ2n) is 6.52. The predicted molar refractivity (Wildman–Crippen MR) is 87.1 cm³/mol. The number of hydrogen-bond acceptors (Lipinski definition) is 6. The Morgan fingerprint density at radius 1 is 1.25 bits per heavy atom. The van der Waals surface area contributed by atoms with Gasteiger partial charge in [-0.2, -0.15) is 0 Å². The van der Waals surface area contributed by atoms with Crippen LogP contribution in [0.4, 0.5) is 0 Å². The van der Waals surface area contributed by atoms with Gasteiger partial charge in [0.25, 0.3) is 0 Å². The van der Waals surface area contributed by atoms with Crippen molar-refractivity contribution in [1.82, 2.24) is 0 Å². The number of benzene rings is 1. The molecule has 7 nitrogen and oxygen atoms in total. The van der Waals surface area contributed by atoms with Crippen LogP contribution >= 0.6 is 0 Å². The van der Waals surface area contributed by atoms with Gasteiger partial charge in [-0.25, -0.2) is 4.79 Å². The van der Waals surface area contributed by atoms with Crippen LogP contribution in [0, 0.1) is 16.0 Å². The van der Waals surface area contributed by atoms with E-state index in [4.69, 9.17) is 4.74 Å². The van der Waals surface area contributed by atoms with Crippen molar-refractivity contribution in [1.29, 1.82) is 0 Å². The van der Waals surface area contributed by atoms with Gasteiger partial charge in [-0.15, -0.1) is 0 Å². The molecule has 132 valence electrons. The molecule has 0 aromatic heterocycles. The quantitative estimate of drug-likeness (QED) is 0.336. The van der Waals surface area contributed by atoms with Crippen molar-refractivity contribution in [3.63, 3.8) is 0 Å². The van der Waals surface area contributed by atoms with Crippen LogP contribution in [0.5, 0.6) is 0 Å². The SMILES string of the molecule is CC(C)(C)OC(=O)C(=O)[C@H](CCO)[C@H](C[N+](=O)[O-])c1ccccc1. The fourth-order valence-electron chi connectivity index (χ4n) is 2.46. The van der Waals surface area contributed by atoms with Crippen molar-refractivity contribution < 1.29 is 24.4 Å². The molecule has 0 spiro atoms. The first-order valence-electron chi connectivity index (χ1n) is 7.70. The zero-order chi connectivity index (χ0) is 18.3. The summed E-state index contributed by atoms with van der Waals surface area (Å²) in [6, 6.07) is 8.50. The van der Waals surface area contributed by atoms with Gasteiger partial charge < -0.3 is 9.84 Å². The molecule has 0 bridgehead atoms. The lowest BCUT2D eigenvalue weighted by atomic mass is 9.81. The molecule has 0 amide bonds. The van der Waals surface area contributed by atoms with Gasteiger partial charge >= 0.3 is 5.97 Å². The van der Waals surface area contributed by atoms with Gasteiger partial charge in [0, 0.05) is 17.4 Å². The van der Waals surface area contributed by atoms with Crippen LogP contribution in [0.25, 0.3) is 0 Å². The summed E-state index contributed by atoms with van der Waals surface area (Å²) in [6.07, 6.45) is -0.0501. The smallest absolute Gasteiger partial charge is 0.375 e. The minimum atomic E-state index is -1.04. The zero-order valence-corrected chi connectivity index (χ0v) is 14.1. The van der Waals surface area contributed by atoms with Crippen molar-refractivity contribution in [2.45, 2.75) is 38.7 Å².